The van der Waals surface area contributed by atoms with Crippen LogP contribution in [0.5, 0.6) is 0 Å². The van der Waals surface area contributed by atoms with Gasteiger partial charge in [-0.15, -0.1) is 0 Å². The van der Waals surface area contributed by atoms with E-state index in [0.29, 0.717) is 26.2 Å². The maximum Gasteiger partial charge on any atom is 0.248 e. The molecule has 1 amide bonds. The lowest BCUT2D eigenvalue weighted by molar-refractivity contribution is -0.136. The molecule has 102 valence electrons. The van der Waals surface area contributed by atoms with Gasteiger partial charge in [-0.25, -0.2) is 0 Å². The molecule has 3 N–H and O–H groups in total. The van der Waals surface area contributed by atoms with Crippen LogP contribution in [0.3, 0.4) is 0 Å². The fraction of sp³-hybridized carbons (Fsp3) is 0.917. The van der Waals surface area contributed by atoms with Crippen LogP contribution in [0.25, 0.3) is 0 Å². The number of aliphatic hydroxyl groups excluding tert-OH is 1. The van der Waals surface area contributed by atoms with Crippen LogP contribution in [0.15, 0.2) is 0 Å². The van der Waals surface area contributed by atoms with Gasteiger partial charge in [0, 0.05) is 19.6 Å². The summed E-state index contributed by atoms with van der Waals surface area (Å²) in [7, 11) is 0. The van der Waals surface area contributed by atoms with Gasteiger partial charge in [0.15, 0.2) is 0 Å². The van der Waals surface area contributed by atoms with E-state index in [4.69, 9.17) is 15.6 Å². The summed E-state index contributed by atoms with van der Waals surface area (Å²) in [6.45, 7) is 4.11. The lowest BCUT2D eigenvalue weighted by Gasteiger charge is -2.21. The van der Waals surface area contributed by atoms with E-state index in [1.165, 1.54) is 12.8 Å². The highest BCUT2D eigenvalue weighted by Crippen LogP contribution is 2.02. The van der Waals surface area contributed by atoms with Crippen molar-refractivity contribution in [2.75, 3.05) is 39.5 Å². The molecule has 0 atom stereocenters. The predicted octanol–water partition coefficient (Wildman–Crippen LogP) is 0.363. The first-order valence-electron chi connectivity index (χ1n) is 6.42. The number of hydrogen-bond acceptors (Lipinski definition) is 4. The Morgan fingerprint density at radius 3 is 2.65 bits per heavy atom. The van der Waals surface area contributed by atoms with Crippen LogP contribution in [0.4, 0.5) is 0 Å². The second-order valence-corrected chi connectivity index (χ2v) is 4.01. The molecular formula is C12H26N2O3. The van der Waals surface area contributed by atoms with E-state index in [9.17, 15) is 4.79 Å². The van der Waals surface area contributed by atoms with Crippen molar-refractivity contribution in [3.8, 4) is 0 Å². The van der Waals surface area contributed by atoms with E-state index >= 15 is 0 Å². The molecule has 0 unspecified atom stereocenters. The van der Waals surface area contributed by atoms with Gasteiger partial charge in [-0.3, -0.25) is 4.79 Å². The molecule has 0 aliphatic rings. The number of hydrogen-bond donors (Lipinski definition) is 2. The van der Waals surface area contributed by atoms with Crippen molar-refractivity contribution in [2.45, 2.75) is 32.6 Å². The number of aliphatic hydroxyl groups is 1. The van der Waals surface area contributed by atoms with Crippen molar-refractivity contribution in [1.82, 2.24) is 4.90 Å². The third-order valence-corrected chi connectivity index (χ3v) is 2.49. The second-order valence-electron chi connectivity index (χ2n) is 4.01. The first-order valence-corrected chi connectivity index (χ1v) is 6.42. The minimum absolute atomic E-state index is 0.00356. The molecule has 0 bridgehead atoms. The largest absolute Gasteiger partial charge is 0.395 e. The van der Waals surface area contributed by atoms with Crippen molar-refractivity contribution in [1.29, 1.82) is 0 Å². The smallest absolute Gasteiger partial charge is 0.248 e. The standard InChI is InChI=1S/C12H26N2O3/c1-2-3-4-5-7-14(8-9-15)12(16)11-17-10-6-13/h15H,2-11,13H2,1H3. The number of unbranched alkanes of at least 4 members (excludes halogenated alkanes) is 3. The monoisotopic (exact) mass is 246 g/mol. The number of ether oxygens (including phenoxy) is 1. The third-order valence-electron chi connectivity index (χ3n) is 2.49. The highest BCUT2D eigenvalue weighted by atomic mass is 16.5. The Balaban J connectivity index is 3.81. The quantitative estimate of drug-likeness (QED) is 0.516. The van der Waals surface area contributed by atoms with Crippen LogP contribution >= 0.6 is 0 Å². The highest BCUT2D eigenvalue weighted by molar-refractivity contribution is 5.77. The van der Waals surface area contributed by atoms with Crippen LogP contribution in [0.2, 0.25) is 0 Å². The maximum atomic E-state index is 11.7. The minimum atomic E-state index is -0.0657. The van der Waals surface area contributed by atoms with Gasteiger partial charge in [0.25, 0.3) is 0 Å². The van der Waals surface area contributed by atoms with E-state index in [2.05, 4.69) is 6.92 Å². The Kier molecular flexibility index (Phi) is 11.4. The molecule has 5 nitrogen and oxygen atoms in total. The van der Waals surface area contributed by atoms with E-state index < -0.39 is 0 Å². The zero-order valence-electron chi connectivity index (χ0n) is 10.9. The molecule has 0 aliphatic heterocycles. The molecule has 0 heterocycles. The molecular weight excluding hydrogens is 220 g/mol. The molecule has 17 heavy (non-hydrogen) atoms. The summed E-state index contributed by atoms with van der Waals surface area (Å²) in [5.41, 5.74) is 5.27. The van der Waals surface area contributed by atoms with Gasteiger partial charge < -0.3 is 20.5 Å². The van der Waals surface area contributed by atoms with E-state index in [1.807, 2.05) is 0 Å². The normalized spacial score (nSPS) is 10.5. The van der Waals surface area contributed by atoms with Gasteiger partial charge >= 0.3 is 0 Å². The van der Waals surface area contributed by atoms with Gasteiger partial charge in [0.05, 0.1) is 13.2 Å². The molecule has 0 spiro atoms. The highest BCUT2D eigenvalue weighted by Gasteiger charge is 2.12. The summed E-state index contributed by atoms with van der Waals surface area (Å²) < 4.78 is 5.10. The van der Waals surface area contributed by atoms with E-state index in [-0.39, 0.29) is 19.1 Å². The second kappa shape index (κ2) is 11.8. The lowest BCUT2D eigenvalue weighted by atomic mass is 10.2. The minimum Gasteiger partial charge on any atom is -0.395 e. The first kappa shape index (κ1) is 16.4. The van der Waals surface area contributed by atoms with Crippen molar-refractivity contribution in [3.63, 3.8) is 0 Å². The van der Waals surface area contributed by atoms with Crippen molar-refractivity contribution in [3.05, 3.63) is 0 Å². The number of carbonyl (C=O) groups is 1. The Morgan fingerprint density at radius 2 is 2.06 bits per heavy atom. The SMILES string of the molecule is CCCCCCN(CCO)C(=O)COCCN. The summed E-state index contributed by atoms with van der Waals surface area (Å²) >= 11 is 0. The predicted molar refractivity (Wildman–Crippen MR) is 67.7 cm³/mol. The summed E-state index contributed by atoms with van der Waals surface area (Å²) in [5, 5.41) is 8.91. The summed E-state index contributed by atoms with van der Waals surface area (Å²) in [6.07, 6.45) is 4.46. The molecule has 0 aromatic heterocycles. The molecule has 0 radical (unpaired) electrons. The summed E-state index contributed by atoms with van der Waals surface area (Å²) in [6, 6.07) is 0. The topological polar surface area (TPSA) is 75.8 Å². The zero-order valence-corrected chi connectivity index (χ0v) is 10.9. The summed E-state index contributed by atoms with van der Waals surface area (Å²) in [5.74, 6) is -0.0657. The third kappa shape index (κ3) is 9.09. The van der Waals surface area contributed by atoms with Gasteiger partial charge in [-0.1, -0.05) is 26.2 Å². The molecule has 0 aromatic rings. The number of nitrogens with two attached hydrogens (primary N) is 1. The fourth-order valence-corrected chi connectivity index (χ4v) is 1.55. The van der Waals surface area contributed by atoms with Gasteiger partial charge in [0.2, 0.25) is 5.91 Å². The molecule has 0 fully saturated rings. The zero-order chi connectivity index (χ0) is 12.9. The van der Waals surface area contributed by atoms with E-state index in [0.717, 1.165) is 12.8 Å². The average molecular weight is 246 g/mol. The summed E-state index contributed by atoms with van der Waals surface area (Å²) in [4.78, 5) is 13.4. The van der Waals surface area contributed by atoms with Crippen molar-refractivity contribution < 1.29 is 14.6 Å². The lowest BCUT2D eigenvalue weighted by Crippen LogP contribution is -2.37. The number of nitrogens with zero attached hydrogens (tertiary/aromatic N) is 1. The van der Waals surface area contributed by atoms with E-state index in [1.54, 1.807) is 4.90 Å². The Hall–Kier alpha value is -0.650. The van der Waals surface area contributed by atoms with Crippen LogP contribution in [0, 0.1) is 0 Å². The molecule has 5 heteroatoms. The first-order chi connectivity index (χ1) is 8.26. The molecule has 0 aliphatic carbocycles. The van der Waals surface area contributed by atoms with Crippen LogP contribution < -0.4 is 5.73 Å². The molecule has 0 aromatic carbocycles. The Morgan fingerprint density at radius 1 is 1.29 bits per heavy atom. The van der Waals surface area contributed by atoms with Gasteiger partial charge in [0.1, 0.15) is 6.61 Å². The van der Waals surface area contributed by atoms with Gasteiger partial charge in [-0.2, -0.15) is 0 Å². The maximum absolute atomic E-state index is 11.7. The van der Waals surface area contributed by atoms with Crippen molar-refractivity contribution in [2.24, 2.45) is 5.73 Å². The Bertz CT molecular complexity index is 189. The Labute approximate surface area is 104 Å². The van der Waals surface area contributed by atoms with Gasteiger partial charge in [-0.05, 0) is 6.42 Å². The molecule has 0 saturated carbocycles. The molecule has 0 rings (SSSR count). The number of amides is 1. The van der Waals surface area contributed by atoms with Crippen molar-refractivity contribution >= 4 is 5.91 Å². The number of carbonyl (C=O) groups excluding carboxylic acids is 1. The average Bonchev–Trinajstić information content (AvgIpc) is 2.33. The van der Waals surface area contributed by atoms with Crippen LogP contribution in [-0.2, 0) is 9.53 Å². The van der Waals surface area contributed by atoms with Crippen LogP contribution in [0.1, 0.15) is 32.6 Å². The fourth-order valence-electron chi connectivity index (χ4n) is 1.55. The number of rotatable bonds is 11. The molecule has 0 saturated heterocycles. The van der Waals surface area contributed by atoms with Crippen LogP contribution in [-0.4, -0.2) is 55.4 Å².